The second-order valence-electron chi connectivity index (χ2n) is 4.57. The SMILES string of the molecule is O=C(NS(=O)(=O)c1ccccn1)c1ccc(Cn2cccn2)o1. The van der Waals surface area contributed by atoms with E-state index >= 15 is 0 Å². The van der Waals surface area contributed by atoms with E-state index in [9.17, 15) is 13.2 Å². The molecule has 3 aromatic heterocycles. The Bertz CT molecular complexity index is 901. The van der Waals surface area contributed by atoms with Crippen LogP contribution >= 0.6 is 0 Å². The number of nitrogens with one attached hydrogen (secondary N) is 1. The molecule has 9 heteroatoms. The van der Waals surface area contributed by atoms with Gasteiger partial charge in [-0.2, -0.15) is 13.5 Å². The fourth-order valence-corrected chi connectivity index (χ4v) is 2.78. The summed E-state index contributed by atoms with van der Waals surface area (Å²) in [6.45, 7) is 0.341. The molecule has 0 unspecified atom stereocenters. The van der Waals surface area contributed by atoms with Crippen molar-refractivity contribution in [2.45, 2.75) is 11.6 Å². The monoisotopic (exact) mass is 332 g/mol. The predicted molar refractivity (Wildman–Crippen MR) is 78.9 cm³/mol. The van der Waals surface area contributed by atoms with Crippen LogP contribution in [0.15, 0.2) is 64.4 Å². The molecule has 0 aliphatic carbocycles. The van der Waals surface area contributed by atoms with Gasteiger partial charge in [0.15, 0.2) is 10.8 Å². The van der Waals surface area contributed by atoms with Crippen LogP contribution in [0.4, 0.5) is 0 Å². The van der Waals surface area contributed by atoms with Crippen molar-refractivity contribution in [2.75, 3.05) is 0 Å². The average Bonchev–Trinajstić information content (AvgIpc) is 3.20. The third-order valence-electron chi connectivity index (χ3n) is 2.90. The van der Waals surface area contributed by atoms with Crippen LogP contribution in [0.25, 0.3) is 0 Å². The van der Waals surface area contributed by atoms with Crippen LogP contribution in [-0.4, -0.2) is 29.1 Å². The Hall–Kier alpha value is -2.94. The van der Waals surface area contributed by atoms with Gasteiger partial charge in [0.25, 0.3) is 10.0 Å². The lowest BCUT2D eigenvalue weighted by atomic mass is 10.4. The van der Waals surface area contributed by atoms with Crippen LogP contribution in [0.5, 0.6) is 0 Å². The van der Waals surface area contributed by atoms with Gasteiger partial charge in [0, 0.05) is 18.6 Å². The molecule has 3 rings (SSSR count). The van der Waals surface area contributed by atoms with E-state index in [1.165, 1.54) is 24.4 Å². The van der Waals surface area contributed by atoms with Gasteiger partial charge in [-0.1, -0.05) is 6.07 Å². The molecule has 0 aliphatic rings. The molecule has 0 fully saturated rings. The molecule has 1 amide bonds. The van der Waals surface area contributed by atoms with E-state index in [4.69, 9.17) is 4.42 Å². The van der Waals surface area contributed by atoms with Gasteiger partial charge in [0.05, 0.1) is 6.54 Å². The van der Waals surface area contributed by atoms with Gasteiger partial charge in [-0.3, -0.25) is 9.48 Å². The summed E-state index contributed by atoms with van der Waals surface area (Å²) in [5.74, 6) is -0.483. The minimum absolute atomic E-state index is 0.105. The number of amides is 1. The molecule has 0 spiro atoms. The van der Waals surface area contributed by atoms with Crippen molar-refractivity contribution in [2.24, 2.45) is 0 Å². The molecule has 23 heavy (non-hydrogen) atoms. The van der Waals surface area contributed by atoms with Crippen LogP contribution < -0.4 is 4.72 Å². The topological polar surface area (TPSA) is 107 Å². The summed E-state index contributed by atoms with van der Waals surface area (Å²) in [4.78, 5) is 15.7. The largest absolute Gasteiger partial charge is 0.454 e. The fourth-order valence-electron chi connectivity index (χ4n) is 1.87. The van der Waals surface area contributed by atoms with Crippen molar-refractivity contribution in [1.82, 2.24) is 19.5 Å². The van der Waals surface area contributed by atoms with Gasteiger partial charge in [-0.05, 0) is 30.3 Å². The number of pyridine rings is 1. The minimum Gasteiger partial charge on any atom is -0.454 e. The summed E-state index contributed by atoms with van der Waals surface area (Å²) < 4.78 is 32.9. The van der Waals surface area contributed by atoms with Gasteiger partial charge in [-0.25, -0.2) is 9.71 Å². The number of aromatic nitrogens is 3. The number of carbonyl (C=O) groups is 1. The Labute approximate surface area is 131 Å². The average molecular weight is 332 g/mol. The van der Waals surface area contributed by atoms with Crippen LogP contribution in [0.2, 0.25) is 0 Å². The smallest absolute Gasteiger partial charge is 0.300 e. The van der Waals surface area contributed by atoms with Gasteiger partial charge < -0.3 is 4.42 Å². The minimum atomic E-state index is -4.04. The van der Waals surface area contributed by atoms with Crippen LogP contribution in [0, 0.1) is 0 Å². The van der Waals surface area contributed by atoms with Crippen molar-refractivity contribution in [3.05, 3.63) is 66.5 Å². The summed E-state index contributed by atoms with van der Waals surface area (Å²) in [6, 6.07) is 9.14. The lowest BCUT2D eigenvalue weighted by molar-refractivity contribution is 0.0952. The lowest BCUT2D eigenvalue weighted by Crippen LogP contribution is -2.30. The molecule has 3 heterocycles. The van der Waals surface area contributed by atoms with E-state index in [1.54, 1.807) is 35.3 Å². The highest BCUT2D eigenvalue weighted by Crippen LogP contribution is 2.11. The second kappa shape index (κ2) is 6.05. The number of carbonyl (C=O) groups excluding carboxylic acids is 1. The van der Waals surface area contributed by atoms with E-state index in [-0.39, 0.29) is 10.8 Å². The fraction of sp³-hybridized carbons (Fsp3) is 0.0714. The van der Waals surface area contributed by atoms with Crippen LogP contribution in [-0.2, 0) is 16.6 Å². The lowest BCUT2D eigenvalue weighted by Gasteiger charge is -2.04. The van der Waals surface area contributed by atoms with E-state index in [0.717, 1.165) is 0 Å². The normalized spacial score (nSPS) is 11.3. The van der Waals surface area contributed by atoms with E-state index < -0.39 is 15.9 Å². The molecule has 1 N–H and O–H groups in total. The van der Waals surface area contributed by atoms with Crippen molar-refractivity contribution in [3.8, 4) is 0 Å². The first-order valence-electron chi connectivity index (χ1n) is 6.59. The number of sulfonamides is 1. The van der Waals surface area contributed by atoms with E-state index in [0.29, 0.717) is 12.3 Å². The zero-order chi connectivity index (χ0) is 16.3. The molecule has 0 saturated carbocycles. The molecule has 0 bridgehead atoms. The Morgan fingerprint density at radius 2 is 2.04 bits per heavy atom. The molecule has 0 atom stereocenters. The Kier molecular flexibility index (Phi) is 3.94. The molecule has 8 nitrogen and oxygen atoms in total. The number of hydrogen-bond acceptors (Lipinski definition) is 6. The molecule has 0 aliphatic heterocycles. The van der Waals surface area contributed by atoms with Gasteiger partial charge in [0.2, 0.25) is 0 Å². The van der Waals surface area contributed by atoms with Crippen molar-refractivity contribution < 1.29 is 17.6 Å². The van der Waals surface area contributed by atoms with Crippen LogP contribution in [0.1, 0.15) is 16.3 Å². The predicted octanol–water partition coefficient (Wildman–Crippen LogP) is 1.04. The first-order chi connectivity index (χ1) is 11.0. The van der Waals surface area contributed by atoms with Crippen molar-refractivity contribution >= 4 is 15.9 Å². The molecular weight excluding hydrogens is 320 g/mol. The summed E-state index contributed by atoms with van der Waals surface area (Å²) in [6.07, 6.45) is 4.69. The van der Waals surface area contributed by atoms with Gasteiger partial charge >= 0.3 is 5.91 Å². The summed E-state index contributed by atoms with van der Waals surface area (Å²) in [5, 5.41) is 3.78. The number of furan rings is 1. The Balaban J connectivity index is 1.73. The molecule has 3 aromatic rings. The standard InChI is InChI=1S/C14H12N4O4S/c19-14(17-23(20,21)13-4-1-2-7-15-13)12-6-5-11(22-12)10-18-9-3-8-16-18/h1-9H,10H2,(H,17,19). The molecular formula is C14H12N4O4S. The van der Waals surface area contributed by atoms with E-state index in [1.807, 2.05) is 4.72 Å². The zero-order valence-electron chi connectivity index (χ0n) is 11.8. The van der Waals surface area contributed by atoms with Crippen molar-refractivity contribution in [1.29, 1.82) is 0 Å². The highest BCUT2D eigenvalue weighted by atomic mass is 32.2. The maximum Gasteiger partial charge on any atom is 0.300 e. The highest BCUT2D eigenvalue weighted by molar-refractivity contribution is 7.90. The third kappa shape index (κ3) is 3.46. The first kappa shape index (κ1) is 15.0. The zero-order valence-corrected chi connectivity index (χ0v) is 12.6. The highest BCUT2D eigenvalue weighted by Gasteiger charge is 2.21. The Morgan fingerprint density at radius 3 is 2.74 bits per heavy atom. The number of hydrogen-bond donors (Lipinski definition) is 1. The van der Waals surface area contributed by atoms with Gasteiger partial charge in [0.1, 0.15) is 5.76 Å². The summed E-state index contributed by atoms with van der Waals surface area (Å²) in [5.41, 5.74) is 0. The number of rotatable bonds is 5. The molecule has 0 radical (unpaired) electrons. The number of nitrogens with zero attached hydrogens (tertiary/aromatic N) is 3. The second-order valence-corrected chi connectivity index (χ2v) is 6.20. The molecule has 0 aromatic carbocycles. The maximum absolute atomic E-state index is 12.0. The van der Waals surface area contributed by atoms with Crippen LogP contribution in [0.3, 0.4) is 0 Å². The van der Waals surface area contributed by atoms with Crippen molar-refractivity contribution in [3.63, 3.8) is 0 Å². The third-order valence-corrected chi connectivity index (χ3v) is 4.15. The molecule has 118 valence electrons. The quantitative estimate of drug-likeness (QED) is 0.748. The summed E-state index contributed by atoms with van der Waals surface area (Å²) >= 11 is 0. The van der Waals surface area contributed by atoms with Gasteiger partial charge in [-0.15, -0.1) is 0 Å². The Morgan fingerprint density at radius 1 is 1.17 bits per heavy atom. The summed E-state index contributed by atoms with van der Waals surface area (Å²) in [7, 11) is -4.04. The molecule has 0 saturated heterocycles. The maximum atomic E-state index is 12.0. The van der Waals surface area contributed by atoms with E-state index in [2.05, 4.69) is 10.1 Å². The first-order valence-corrected chi connectivity index (χ1v) is 8.07.